The van der Waals surface area contributed by atoms with Gasteiger partial charge in [0.25, 0.3) is 11.2 Å². The summed E-state index contributed by atoms with van der Waals surface area (Å²) < 4.78 is 31.6. The highest BCUT2D eigenvalue weighted by Gasteiger charge is 2.27. The number of aromatic nitrogens is 2. The Morgan fingerprint density at radius 3 is 2.14 bits per heavy atom. The van der Waals surface area contributed by atoms with Gasteiger partial charge in [0.05, 0.1) is 18.0 Å². The first-order chi connectivity index (χ1) is 20.7. The Morgan fingerprint density at radius 2 is 1.49 bits per heavy atom. The molecule has 1 aromatic heterocycles. The highest BCUT2D eigenvalue weighted by atomic mass is 19.1. The predicted molar refractivity (Wildman–Crippen MR) is 159 cm³/mol. The number of nitro benzene ring substituents is 1. The maximum atomic E-state index is 14.7. The monoisotopic (exact) mass is 590 g/mol. The van der Waals surface area contributed by atoms with Crippen LogP contribution in [0.2, 0.25) is 0 Å². The van der Waals surface area contributed by atoms with Gasteiger partial charge in [0.2, 0.25) is 0 Å². The SMILES string of the molecule is Cc1c(N2CCN(Cc3ccccc3[N+](=O)[O-])CC2)c(=O)n(C[C@@H](N)c2ccccc2)c(=O)n1Cc1c(F)cccc1F. The van der Waals surface area contributed by atoms with Crippen molar-refractivity contribution in [1.82, 2.24) is 14.0 Å². The van der Waals surface area contributed by atoms with Gasteiger partial charge in [-0.05, 0) is 24.6 Å². The fourth-order valence-corrected chi connectivity index (χ4v) is 5.53. The predicted octanol–water partition coefficient (Wildman–Crippen LogP) is 3.58. The topological polar surface area (TPSA) is 120 Å². The van der Waals surface area contributed by atoms with Gasteiger partial charge < -0.3 is 10.6 Å². The third-order valence-electron chi connectivity index (χ3n) is 7.91. The van der Waals surface area contributed by atoms with Gasteiger partial charge in [0.15, 0.2) is 0 Å². The fraction of sp³-hybridized carbons (Fsp3) is 0.290. The van der Waals surface area contributed by atoms with E-state index < -0.39 is 40.4 Å². The lowest BCUT2D eigenvalue weighted by Gasteiger charge is -2.36. The number of nitro groups is 1. The second-order valence-electron chi connectivity index (χ2n) is 10.6. The lowest BCUT2D eigenvalue weighted by Crippen LogP contribution is -2.51. The normalized spacial score (nSPS) is 14.6. The van der Waals surface area contributed by atoms with Crippen LogP contribution in [0.15, 0.2) is 82.4 Å². The van der Waals surface area contributed by atoms with Crippen molar-refractivity contribution in [3.63, 3.8) is 0 Å². The van der Waals surface area contributed by atoms with Crippen molar-refractivity contribution in [2.45, 2.75) is 32.6 Å². The van der Waals surface area contributed by atoms with Crippen LogP contribution in [0.25, 0.3) is 0 Å². The average Bonchev–Trinajstić information content (AvgIpc) is 3.00. The molecule has 12 heteroatoms. The van der Waals surface area contributed by atoms with Gasteiger partial charge >= 0.3 is 5.69 Å². The highest BCUT2D eigenvalue weighted by Crippen LogP contribution is 2.23. The van der Waals surface area contributed by atoms with E-state index in [0.29, 0.717) is 38.3 Å². The molecule has 1 atom stereocenters. The molecule has 10 nitrogen and oxygen atoms in total. The number of nitrogens with zero attached hydrogens (tertiary/aromatic N) is 5. The number of nitrogens with two attached hydrogens (primary N) is 1. The van der Waals surface area contributed by atoms with Crippen LogP contribution in [0.3, 0.4) is 0 Å². The molecule has 0 unspecified atom stereocenters. The number of hydrogen-bond acceptors (Lipinski definition) is 7. The molecule has 43 heavy (non-hydrogen) atoms. The average molecular weight is 591 g/mol. The minimum absolute atomic E-state index is 0.0471. The summed E-state index contributed by atoms with van der Waals surface area (Å²) >= 11 is 0. The number of hydrogen-bond donors (Lipinski definition) is 1. The van der Waals surface area contributed by atoms with Crippen LogP contribution in [-0.2, 0) is 19.6 Å². The molecule has 224 valence electrons. The van der Waals surface area contributed by atoms with Crippen LogP contribution >= 0.6 is 0 Å². The molecule has 0 amide bonds. The van der Waals surface area contributed by atoms with E-state index in [-0.39, 0.29) is 29.2 Å². The van der Waals surface area contributed by atoms with Gasteiger partial charge in [-0.15, -0.1) is 0 Å². The maximum Gasteiger partial charge on any atom is 0.331 e. The van der Waals surface area contributed by atoms with Gasteiger partial charge in [-0.25, -0.2) is 13.6 Å². The van der Waals surface area contributed by atoms with Crippen LogP contribution in [0.4, 0.5) is 20.2 Å². The maximum absolute atomic E-state index is 14.7. The van der Waals surface area contributed by atoms with Crippen LogP contribution in [0.1, 0.15) is 28.4 Å². The van der Waals surface area contributed by atoms with E-state index >= 15 is 0 Å². The van der Waals surface area contributed by atoms with Gasteiger partial charge in [0, 0.05) is 61.7 Å². The second-order valence-corrected chi connectivity index (χ2v) is 10.6. The molecule has 1 fully saturated rings. The summed E-state index contributed by atoms with van der Waals surface area (Å²) in [5.41, 5.74) is 6.78. The lowest BCUT2D eigenvalue weighted by molar-refractivity contribution is -0.385. The number of rotatable bonds is 9. The zero-order chi connectivity index (χ0) is 30.7. The van der Waals surface area contributed by atoms with Gasteiger partial charge in [-0.2, -0.15) is 0 Å². The van der Waals surface area contributed by atoms with Crippen LogP contribution in [0.5, 0.6) is 0 Å². The minimum atomic E-state index is -0.796. The van der Waals surface area contributed by atoms with Crippen LogP contribution in [-0.4, -0.2) is 45.1 Å². The molecule has 0 radical (unpaired) electrons. The zero-order valence-electron chi connectivity index (χ0n) is 23.7. The summed E-state index contributed by atoms with van der Waals surface area (Å²) in [7, 11) is 0. The molecule has 5 rings (SSSR count). The summed E-state index contributed by atoms with van der Waals surface area (Å²) in [6, 6.07) is 18.4. The standard InChI is InChI=1S/C31H32F2N6O4/c1-21-29(36-16-14-35(15-17-36)18-23-10-5-6-13-28(23)39(42)43)30(40)38(20-27(34)22-8-3-2-4-9-22)31(41)37(21)19-24-25(32)11-7-12-26(24)33/h2-13,27H,14-20,34H2,1H3/t27-/m1/s1. The minimum Gasteiger partial charge on any atom is -0.363 e. The van der Waals surface area contributed by atoms with Crippen molar-refractivity contribution < 1.29 is 13.7 Å². The largest absolute Gasteiger partial charge is 0.363 e. The number of halogens is 2. The van der Waals surface area contributed by atoms with Gasteiger partial charge in [-0.3, -0.25) is 28.9 Å². The molecule has 0 saturated carbocycles. The van der Waals surface area contributed by atoms with Gasteiger partial charge in [-0.1, -0.05) is 54.6 Å². The van der Waals surface area contributed by atoms with E-state index in [1.807, 2.05) is 11.0 Å². The third kappa shape index (κ3) is 6.25. The smallest absolute Gasteiger partial charge is 0.331 e. The van der Waals surface area contributed by atoms with E-state index in [1.54, 1.807) is 49.4 Å². The summed E-state index contributed by atoms with van der Waals surface area (Å²) in [6.07, 6.45) is 0. The van der Waals surface area contributed by atoms with E-state index in [2.05, 4.69) is 4.90 Å². The molecule has 2 heterocycles. The molecule has 2 N–H and O–H groups in total. The van der Waals surface area contributed by atoms with Crippen molar-refractivity contribution in [1.29, 1.82) is 0 Å². The Kier molecular flexibility index (Phi) is 8.78. The second kappa shape index (κ2) is 12.7. The highest BCUT2D eigenvalue weighted by molar-refractivity contribution is 5.50. The van der Waals surface area contributed by atoms with Crippen LogP contribution in [0, 0.1) is 28.7 Å². The van der Waals surface area contributed by atoms with Crippen molar-refractivity contribution >= 4 is 11.4 Å². The Morgan fingerprint density at radius 1 is 0.860 bits per heavy atom. The van der Waals surface area contributed by atoms with E-state index in [1.165, 1.54) is 16.7 Å². The Hall–Kier alpha value is -4.68. The molecule has 3 aromatic carbocycles. The molecule has 1 aliphatic heterocycles. The molecule has 1 aliphatic rings. The van der Waals surface area contributed by atoms with Crippen molar-refractivity contribution in [3.05, 3.63) is 138 Å². The summed E-state index contributed by atoms with van der Waals surface area (Å²) in [6.45, 7) is 3.21. The molecule has 0 bridgehead atoms. The first kappa shape index (κ1) is 29.8. The number of para-hydroxylation sites is 1. The number of benzene rings is 3. The van der Waals surface area contributed by atoms with E-state index in [0.717, 1.165) is 22.3 Å². The molecule has 1 saturated heterocycles. The Labute approximate surface area is 246 Å². The van der Waals surface area contributed by atoms with Gasteiger partial charge in [0.1, 0.15) is 17.3 Å². The molecular formula is C31H32F2N6O4. The number of anilines is 1. The molecule has 0 spiro atoms. The lowest BCUT2D eigenvalue weighted by atomic mass is 10.1. The quantitative estimate of drug-likeness (QED) is 0.234. The van der Waals surface area contributed by atoms with Crippen molar-refractivity contribution in [3.8, 4) is 0 Å². The first-order valence-electron chi connectivity index (χ1n) is 13.9. The van der Waals surface area contributed by atoms with Crippen molar-refractivity contribution in [2.24, 2.45) is 5.73 Å². The molecular weight excluding hydrogens is 558 g/mol. The number of piperazine rings is 1. The first-order valence-corrected chi connectivity index (χ1v) is 13.9. The summed E-state index contributed by atoms with van der Waals surface area (Å²) in [4.78, 5) is 42.6. The molecule has 4 aromatic rings. The Bertz CT molecular complexity index is 1730. The Balaban J connectivity index is 1.49. The molecule has 0 aliphatic carbocycles. The summed E-state index contributed by atoms with van der Waals surface area (Å²) in [5, 5.41) is 11.5. The van der Waals surface area contributed by atoms with Crippen LogP contribution < -0.4 is 21.9 Å². The van der Waals surface area contributed by atoms with E-state index in [9.17, 15) is 28.5 Å². The van der Waals surface area contributed by atoms with E-state index in [4.69, 9.17) is 5.73 Å². The fourth-order valence-electron chi connectivity index (χ4n) is 5.53. The van der Waals surface area contributed by atoms with Crippen molar-refractivity contribution in [2.75, 3.05) is 31.1 Å². The zero-order valence-corrected chi connectivity index (χ0v) is 23.7. The summed E-state index contributed by atoms with van der Waals surface area (Å²) in [5.74, 6) is -1.59. The third-order valence-corrected chi connectivity index (χ3v) is 7.91.